The molecule has 1 aromatic heterocycles. The van der Waals surface area contributed by atoms with E-state index in [1.807, 2.05) is 6.92 Å². The van der Waals surface area contributed by atoms with E-state index in [1.165, 1.54) is 43.5 Å². The molecule has 2 aromatic rings. The van der Waals surface area contributed by atoms with Crippen LogP contribution in [-0.4, -0.2) is 32.0 Å². The fraction of sp³-hybridized carbons (Fsp3) is 0.522. The highest BCUT2D eigenvalue weighted by atomic mass is 32.2. The molecule has 1 amide bonds. The molecular formula is C23H29FN4OS. The third kappa shape index (κ3) is 4.17. The molecule has 2 aliphatic rings. The maximum atomic E-state index is 14.3. The minimum Gasteiger partial charge on any atom is -0.352 e. The van der Waals surface area contributed by atoms with Gasteiger partial charge in [0.05, 0.1) is 10.8 Å². The fourth-order valence-electron chi connectivity index (χ4n) is 5.08. The van der Waals surface area contributed by atoms with E-state index >= 15 is 0 Å². The monoisotopic (exact) mass is 428 g/mol. The highest BCUT2D eigenvalue weighted by Gasteiger charge is 2.42. The molecule has 30 heavy (non-hydrogen) atoms. The van der Waals surface area contributed by atoms with E-state index in [-0.39, 0.29) is 23.0 Å². The number of aromatic nitrogens is 3. The van der Waals surface area contributed by atoms with Gasteiger partial charge in [-0.2, -0.15) is 0 Å². The molecule has 1 N–H and O–H groups in total. The number of benzene rings is 1. The van der Waals surface area contributed by atoms with Crippen LogP contribution in [0.4, 0.5) is 4.39 Å². The Bertz CT molecular complexity index is 930. The van der Waals surface area contributed by atoms with Crippen molar-refractivity contribution in [2.45, 2.75) is 62.5 Å². The van der Waals surface area contributed by atoms with Crippen LogP contribution in [0.3, 0.4) is 0 Å². The van der Waals surface area contributed by atoms with Crippen molar-refractivity contribution in [2.24, 2.45) is 17.8 Å². The van der Waals surface area contributed by atoms with Crippen molar-refractivity contribution in [1.29, 1.82) is 0 Å². The number of rotatable bonds is 8. The number of hydrogen-bond acceptors (Lipinski definition) is 4. The predicted octanol–water partition coefficient (Wildman–Crippen LogP) is 4.69. The zero-order valence-electron chi connectivity index (χ0n) is 17.6. The summed E-state index contributed by atoms with van der Waals surface area (Å²) in [5.41, 5.74) is 0.390. The van der Waals surface area contributed by atoms with Crippen LogP contribution in [0, 0.1) is 23.6 Å². The molecule has 160 valence electrons. The summed E-state index contributed by atoms with van der Waals surface area (Å²) >= 11 is 1.35. The van der Waals surface area contributed by atoms with Gasteiger partial charge in [-0.05, 0) is 63.0 Å². The molecule has 0 aliphatic heterocycles. The summed E-state index contributed by atoms with van der Waals surface area (Å²) in [4.78, 5) is 12.9. The molecule has 0 saturated heterocycles. The number of thioether (sulfide) groups is 1. The molecule has 0 radical (unpaired) electrons. The Morgan fingerprint density at radius 3 is 2.80 bits per heavy atom. The molecule has 4 rings (SSSR count). The van der Waals surface area contributed by atoms with Gasteiger partial charge in [-0.25, -0.2) is 4.39 Å². The fourth-order valence-corrected chi connectivity index (χ4v) is 5.95. The van der Waals surface area contributed by atoms with Gasteiger partial charge in [-0.3, -0.25) is 9.36 Å². The largest absolute Gasteiger partial charge is 0.352 e. The van der Waals surface area contributed by atoms with Crippen molar-refractivity contribution in [3.8, 4) is 11.4 Å². The van der Waals surface area contributed by atoms with Gasteiger partial charge in [0.2, 0.25) is 5.91 Å². The molecule has 5 atom stereocenters. The second-order valence-corrected chi connectivity index (χ2v) is 9.89. The second-order valence-electron chi connectivity index (χ2n) is 8.58. The van der Waals surface area contributed by atoms with Crippen LogP contribution >= 0.6 is 11.8 Å². The first-order chi connectivity index (χ1) is 14.5. The Morgan fingerprint density at radius 2 is 2.13 bits per heavy atom. The summed E-state index contributed by atoms with van der Waals surface area (Å²) in [6.07, 6.45) is 6.96. The first-order valence-electron chi connectivity index (χ1n) is 10.7. The van der Waals surface area contributed by atoms with Crippen LogP contribution in [0.25, 0.3) is 11.4 Å². The molecule has 5 unspecified atom stereocenters. The summed E-state index contributed by atoms with van der Waals surface area (Å²) in [5, 5.41) is 11.9. The van der Waals surface area contributed by atoms with Crippen molar-refractivity contribution in [3.63, 3.8) is 0 Å². The summed E-state index contributed by atoms with van der Waals surface area (Å²) in [6.45, 7) is 8.25. The van der Waals surface area contributed by atoms with Gasteiger partial charge in [0.25, 0.3) is 0 Å². The number of carbonyl (C=O) groups is 1. The Hall–Kier alpha value is -2.15. The highest BCUT2D eigenvalue weighted by molar-refractivity contribution is 8.00. The topological polar surface area (TPSA) is 59.8 Å². The van der Waals surface area contributed by atoms with E-state index in [2.05, 4.69) is 29.0 Å². The van der Waals surface area contributed by atoms with Gasteiger partial charge in [0.15, 0.2) is 11.0 Å². The minimum absolute atomic E-state index is 0.0101. The van der Waals surface area contributed by atoms with Crippen LogP contribution < -0.4 is 5.32 Å². The Labute approximate surface area is 181 Å². The van der Waals surface area contributed by atoms with Crippen molar-refractivity contribution >= 4 is 17.7 Å². The standard InChI is InChI=1S/C23H29FN4OS/c1-4-11-28-21(18-7-5-6-8-20(18)24)26-27-23(28)30-15(3)22(29)25-14(2)19-13-16-9-10-17(19)12-16/h4-8,14-17,19H,1,9-13H2,2-3H3,(H,25,29). The lowest BCUT2D eigenvalue weighted by Gasteiger charge is -2.29. The molecule has 0 spiro atoms. The number of halogens is 1. The van der Waals surface area contributed by atoms with E-state index < -0.39 is 0 Å². The number of amides is 1. The molecule has 1 heterocycles. The molecular weight excluding hydrogens is 399 g/mol. The van der Waals surface area contributed by atoms with Gasteiger partial charge >= 0.3 is 0 Å². The lowest BCUT2D eigenvalue weighted by atomic mass is 9.84. The Kier molecular flexibility index (Phi) is 6.27. The maximum absolute atomic E-state index is 14.3. The van der Waals surface area contributed by atoms with Crippen LogP contribution in [0.5, 0.6) is 0 Å². The molecule has 1 aromatic carbocycles. The van der Waals surface area contributed by atoms with E-state index in [9.17, 15) is 9.18 Å². The van der Waals surface area contributed by atoms with Crippen LogP contribution in [0.1, 0.15) is 39.5 Å². The predicted molar refractivity (Wildman–Crippen MR) is 117 cm³/mol. The van der Waals surface area contributed by atoms with E-state index in [1.54, 1.807) is 28.8 Å². The summed E-state index contributed by atoms with van der Waals surface area (Å²) < 4.78 is 16.1. The van der Waals surface area contributed by atoms with Gasteiger partial charge in [0.1, 0.15) is 5.82 Å². The quantitative estimate of drug-likeness (QED) is 0.489. The second kappa shape index (κ2) is 8.92. The molecule has 2 aliphatic carbocycles. The third-order valence-corrected chi connectivity index (χ3v) is 7.68. The number of carbonyl (C=O) groups excluding carboxylic acids is 1. The lowest BCUT2D eigenvalue weighted by molar-refractivity contribution is -0.121. The van der Waals surface area contributed by atoms with Crippen molar-refractivity contribution in [2.75, 3.05) is 0 Å². The normalized spacial score (nSPS) is 24.6. The zero-order chi connectivity index (χ0) is 21.3. The smallest absolute Gasteiger partial charge is 0.233 e. The molecule has 7 heteroatoms. The number of allylic oxidation sites excluding steroid dienone is 1. The highest BCUT2D eigenvalue weighted by Crippen LogP contribution is 2.49. The number of hydrogen-bond donors (Lipinski definition) is 1. The van der Waals surface area contributed by atoms with Crippen molar-refractivity contribution in [3.05, 3.63) is 42.7 Å². The lowest BCUT2D eigenvalue weighted by Crippen LogP contribution is -2.43. The Balaban J connectivity index is 1.45. The SMILES string of the molecule is C=CCn1c(SC(C)C(=O)NC(C)C2CC3CCC2C3)nnc1-c1ccccc1F. The molecule has 5 nitrogen and oxygen atoms in total. The Morgan fingerprint density at radius 1 is 1.33 bits per heavy atom. The van der Waals surface area contributed by atoms with Gasteiger partial charge < -0.3 is 5.32 Å². The van der Waals surface area contributed by atoms with Crippen LogP contribution in [0.15, 0.2) is 42.1 Å². The van der Waals surface area contributed by atoms with E-state index in [4.69, 9.17) is 0 Å². The molecule has 2 saturated carbocycles. The third-order valence-electron chi connectivity index (χ3n) is 6.60. The number of fused-ring (bicyclic) bond motifs is 2. The van der Waals surface area contributed by atoms with E-state index in [0.717, 1.165) is 11.8 Å². The van der Waals surface area contributed by atoms with Gasteiger partial charge in [-0.1, -0.05) is 36.4 Å². The zero-order valence-corrected chi connectivity index (χ0v) is 18.4. The number of nitrogens with one attached hydrogen (secondary N) is 1. The molecule has 2 fully saturated rings. The first-order valence-corrected chi connectivity index (χ1v) is 11.6. The average Bonchev–Trinajstić information content (AvgIpc) is 3.45. The average molecular weight is 429 g/mol. The first kappa shape index (κ1) is 21.1. The van der Waals surface area contributed by atoms with E-state index in [0.29, 0.717) is 29.0 Å². The summed E-state index contributed by atoms with van der Waals surface area (Å²) in [7, 11) is 0. The number of nitrogens with zero attached hydrogens (tertiary/aromatic N) is 3. The molecule has 2 bridgehead atoms. The van der Waals surface area contributed by atoms with Gasteiger partial charge in [0, 0.05) is 12.6 Å². The van der Waals surface area contributed by atoms with Gasteiger partial charge in [-0.15, -0.1) is 16.8 Å². The summed E-state index contributed by atoms with van der Waals surface area (Å²) in [5.74, 6) is 2.33. The maximum Gasteiger partial charge on any atom is 0.233 e. The van der Waals surface area contributed by atoms with Crippen molar-refractivity contribution < 1.29 is 9.18 Å². The van der Waals surface area contributed by atoms with Crippen LogP contribution in [0.2, 0.25) is 0 Å². The van der Waals surface area contributed by atoms with Crippen LogP contribution in [-0.2, 0) is 11.3 Å². The minimum atomic E-state index is -0.350. The summed E-state index contributed by atoms with van der Waals surface area (Å²) in [6, 6.07) is 6.69. The van der Waals surface area contributed by atoms with Crippen molar-refractivity contribution in [1.82, 2.24) is 20.1 Å².